The third kappa shape index (κ3) is 5.53. The lowest BCUT2D eigenvalue weighted by Gasteiger charge is -2.22. The monoisotopic (exact) mass is 431 g/mol. The van der Waals surface area contributed by atoms with Gasteiger partial charge in [-0.05, 0) is 49.6 Å². The van der Waals surface area contributed by atoms with E-state index in [1.54, 1.807) is 24.3 Å². The lowest BCUT2D eigenvalue weighted by atomic mass is 10.1. The number of alkyl halides is 3. The molecule has 30 heavy (non-hydrogen) atoms. The second-order valence-corrected chi connectivity index (χ2v) is 7.88. The molecule has 0 fully saturated rings. The maximum absolute atomic E-state index is 13.5. The molecule has 0 aliphatic carbocycles. The molecule has 0 saturated heterocycles. The van der Waals surface area contributed by atoms with E-state index in [0.29, 0.717) is 11.4 Å². The maximum atomic E-state index is 13.5. The molecule has 158 valence electrons. The van der Waals surface area contributed by atoms with Crippen LogP contribution >= 0.6 is 11.8 Å². The first kappa shape index (κ1) is 22.2. The molecule has 3 aromatic rings. The van der Waals surface area contributed by atoms with Crippen molar-refractivity contribution < 1.29 is 13.2 Å². The van der Waals surface area contributed by atoms with Gasteiger partial charge in [0, 0.05) is 23.3 Å². The van der Waals surface area contributed by atoms with Gasteiger partial charge in [-0.15, -0.1) is 0 Å². The highest BCUT2D eigenvalue weighted by molar-refractivity contribution is 7.99. The van der Waals surface area contributed by atoms with Gasteiger partial charge in [0.1, 0.15) is 10.6 Å². The van der Waals surface area contributed by atoms with E-state index in [1.807, 2.05) is 30.0 Å². The molecule has 1 aromatic heterocycles. The van der Waals surface area contributed by atoms with E-state index < -0.39 is 11.7 Å². The van der Waals surface area contributed by atoms with Crippen LogP contribution in [0.1, 0.15) is 37.8 Å². The molecule has 0 atom stereocenters. The van der Waals surface area contributed by atoms with Crippen molar-refractivity contribution >= 4 is 23.4 Å². The van der Waals surface area contributed by atoms with Crippen molar-refractivity contribution in [2.45, 2.75) is 49.2 Å². The standard InChI is InChI=1S/C23H24F3N3S/c1-3-5-9-17-12-14-18(15-13-17)29(4-2)22-27-16-20(23(24,25)26)21(28-22)30-19-10-7-6-8-11-19/h6-8,10-16H,3-5,9H2,1-2H3. The molecular weight excluding hydrogens is 407 g/mol. The molecule has 3 rings (SSSR count). The zero-order valence-electron chi connectivity index (χ0n) is 17.0. The van der Waals surface area contributed by atoms with Crippen molar-refractivity contribution in [3.05, 3.63) is 71.9 Å². The molecule has 0 spiro atoms. The normalized spacial score (nSPS) is 11.5. The summed E-state index contributed by atoms with van der Waals surface area (Å²) in [5, 5.41) is -0.100. The maximum Gasteiger partial charge on any atom is 0.420 e. The summed E-state index contributed by atoms with van der Waals surface area (Å²) in [6.45, 7) is 4.62. The van der Waals surface area contributed by atoms with Crippen LogP contribution in [0.25, 0.3) is 0 Å². The molecule has 0 aliphatic rings. The van der Waals surface area contributed by atoms with Crippen molar-refractivity contribution in [3.8, 4) is 0 Å². The second-order valence-electron chi connectivity index (χ2n) is 6.82. The predicted molar refractivity (Wildman–Crippen MR) is 115 cm³/mol. The molecule has 0 bridgehead atoms. The first-order valence-corrected chi connectivity index (χ1v) is 10.8. The van der Waals surface area contributed by atoms with Gasteiger partial charge in [0.05, 0.1) is 0 Å². The molecule has 0 radical (unpaired) electrons. The third-order valence-corrected chi connectivity index (χ3v) is 5.64. The Bertz CT molecular complexity index is 944. The van der Waals surface area contributed by atoms with E-state index in [4.69, 9.17) is 0 Å². The summed E-state index contributed by atoms with van der Waals surface area (Å²) in [4.78, 5) is 10.9. The number of anilines is 2. The number of nitrogens with zero attached hydrogens (tertiary/aromatic N) is 3. The first-order chi connectivity index (χ1) is 14.4. The van der Waals surface area contributed by atoms with E-state index in [1.165, 1.54) is 5.56 Å². The van der Waals surface area contributed by atoms with Crippen LogP contribution in [0.5, 0.6) is 0 Å². The zero-order valence-corrected chi connectivity index (χ0v) is 17.8. The van der Waals surface area contributed by atoms with Gasteiger partial charge in [-0.2, -0.15) is 13.2 Å². The van der Waals surface area contributed by atoms with Crippen molar-refractivity contribution in [2.24, 2.45) is 0 Å². The molecule has 0 saturated carbocycles. The van der Waals surface area contributed by atoms with Crippen LogP contribution in [0.3, 0.4) is 0 Å². The minimum atomic E-state index is -4.52. The van der Waals surface area contributed by atoms with Gasteiger partial charge in [0.2, 0.25) is 5.95 Å². The van der Waals surface area contributed by atoms with E-state index in [2.05, 4.69) is 29.0 Å². The van der Waals surface area contributed by atoms with E-state index in [0.717, 1.165) is 42.9 Å². The average molecular weight is 432 g/mol. The van der Waals surface area contributed by atoms with Crippen LogP contribution in [0.2, 0.25) is 0 Å². The van der Waals surface area contributed by atoms with Crippen LogP contribution in [-0.2, 0) is 12.6 Å². The second kappa shape index (κ2) is 9.98. The number of aryl methyl sites for hydroxylation is 1. The largest absolute Gasteiger partial charge is 0.420 e. The number of hydrogen-bond donors (Lipinski definition) is 0. The quantitative estimate of drug-likeness (QED) is 0.354. The molecule has 7 heteroatoms. The van der Waals surface area contributed by atoms with Gasteiger partial charge < -0.3 is 4.90 Å². The molecular formula is C23H24F3N3S. The van der Waals surface area contributed by atoms with Crippen molar-refractivity contribution in [3.63, 3.8) is 0 Å². The number of halogens is 3. The van der Waals surface area contributed by atoms with Crippen LogP contribution in [-0.4, -0.2) is 16.5 Å². The van der Waals surface area contributed by atoms with Crippen molar-refractivity contribution in [2.75, 3.05) is 11.4 Å². The Labute approximate surface area is 179 Å². The van der Waals surface area contributed by atoms with E-state index >= 15 is 0 Å². The highest BCUT2D eigenvalue weighted by Crippen LogP contribution is 2.39. The minimum Gasteiger partial charge on any atom is -0.311 e. The molecule has 0 aliphatic heterocycles. The van der Waals surface area contributed by atoms with Crippen LogP contribution < -0.4 is 4.90 Å². The fraction of sp³-hybridized carbons (Fsp3) is 0.304. The summed E-state index contributed by atoms with van der Waals surface area (Å²) in [7, 11) is 0. The lowest BCUT2D eigenvalue weighted by Crippen LogP contribution is -2.20. The first-order valence-electron chi connectivity index (χ1n) is 9.96. The smallest absolute Gasteiger partial charge is 0.311 e. The molecule has 3 nitrogen and oxygen atoms in total. The Hall–Kier alpha value is -2.54. The van der Waals surface area contributed by atoms with Crippen LogP contribution in [0, 0.1) is 0 Å². The highest BCUT2D eigenvalue weighted by atomic mass is 32.2. The van der Waals surface area contributed by atoms with Gasteiger partial charge >= 0.3 is 6.18 Å². The fourth-order valence-electron chi connectivity index (χ4n) is 3.02. The summed E-state index contributed by atoms with van der Waals surface area (Å²) < 4.78 is 40.6. The predicted octanol–water partition coefficient (Wildman–Crippen LogP) is 7.15. The van der Waals surface area contributed by atoms with Gasteiger partial charge in [0.15, 0.2) is 0 Å². The Morgan fingerprint density at radius 3 is 2.27 bits per heavy atom. The lowest BCUT2D eigenvalue weighted by molar-refractivity contribution is -0.140. The van der Waals surface area contributed by atoms with Gasteiger partial charge in [-0.1, -0.05) is 55.4 Å². The number of aromatic nitrogens is 2. The van der Waals surface area contributed by atoms with Gasteiger partial charge in [0.25, 0.3) is 0 Å². The van der Waals surface area contributed by atoms with Gasteiger partial charge in [-0.3, -0.25) is 0 Å². The number of benzene rings is 2. The SMILES string of the molecule is CCCCc1ccc(N(CC)c2ncc(C(F)(F)F)c(Sc3ccccc3)n2)cc1. The Balaban J connectivity index is 1.94. The average Bonchev–Trinajstić information content (AvgIpc) is 2.74. The molecule has 1 heterocycles. The Kier molecular flexibility index (Phi) is 7.37. The molecule has 0 unspecified atom stereocenters. The number of hydrogen-bond acceptors (Lipinski definition) is 4. The summed E-state index contributed by atoms with van der Waals surface area (Å²) in [6, 6.07) is 17.0. The summed E-state index contributed by atoms with van der Waals surface area (Å²) >= 11 is 0.992. The van der Waals surface area contributed by atoms with Crippen molar-refractivity contribution in [1.82, 2.24) is 9.97 Å². The topological polar surface area (TPSA) is 29.0 Å². The highest BCUT2D eigenvalue weighted by Gasteiger charge is 2.35. The van der Waals surface area contributed by atoms with Crippen LogP contribution in [0.15, 0.2) is 70.7 Å². The molecule has 2 aromatic carbocycles. The van der Waals surface area contributed by atoms with Crippen LogP contribution in [0.4, 0.5) is 24.8 Å². The third-order valence-electron chi connectivity index (χ3n) is 4.63. The van der Waals surface area contributed by atoms with E-state index in [9.17, 15) is 13.2 Å². The summed E-state index contributed by atoms with van der Waals surface area (Å²) in [6.07, 6.45) is -0.375. The minimum absolute atomic E-state index is 0.100. The molecule has 0 N–H and O–H groups in total. The fourth-order valence-corrected chi connectivity index (χ4v) is 3.94. The number of rotatable bonds is 8. The summed E-state index contributed by atoms with van der Waals surface area (Å²) in [5.74, 6) is 0.255. The van der Waals surface area contributed by atoms with Gasteiger partial charge in [-0.25, -0.2) is 9.97 Å². The van der Waals surface area contributed by atoms with E-state index in [-0.39, 0.29) is 11.0 Å². The zero-order chi connectivity index (χ0) is 21.6. The molecule has 0 amide bonds. The van der Waals surface area contributed by atoms with Crippen molar-refractivity contribution in [1.29, 1.82) is 0 Å². The number of unbranched alkanes of at least 4 members (excludes halogenated alkanes) is 1. The summed E-state index contributed by atoms with van der Waals surface area (Å²) in [5.41, 5.74) is 1.27. The Morgan fingerprint density at radius 1 is 0.967 bits per heavy atom. The Morgan fingerprint density at radius 2 is 1.67 bits per heavy atom.